The Morgan fingerprint density at radius 3 is 2.94 bits per heavy atom. The number of nitrogens with one attached hydrogen (secondary N) is 2. The molecule has 1 aliphatic rings. The highest BCUT2D eigenvalue weighted by molar-refractivity contribution is 7.14. The molecule has 1 atom stereocenters. The van der Waals surface area contributed by atoms with Crippen molar-refractivity contribution in [3.63, 3.8) is 0 Å². The first-order chi connectivity index (χ1) is 8.22. The standard InChI is InChI=1S/C12H15N3OS/c1-9(15-5-2-3-6-15)11(16)14-12-10(8-13)4-7-17-12/h4,7,9H,2-3,5-6H2,1H3,(H,14,16)/p+1/t9-/m1/s1. The molecular formula is C12H16N3OS+. The molecule has 1 aromatic heterocycles. The Morgan fingerprint density at radius 1 is 1.59 bits per heavy atom. The van der Waals surface area contributed by atoms with Gasteiger partial charge in [0.1, 0.15) is 11.1 Å². The molecule has 1 aliphatic heterocycles. The summed E-state index contributed by atoms with van der Waals surface area (Å²) < 4.78 is 0. The summed E-state index contributed by atoms with van der Waals surface area (Å²) in [6.45, 7) is 4.10. The molecule has 4 nitrogen and oxygen atoms in total. The third kappa shape index (κ3) is 2.65. The van der Waals surface area contributed by atoms with Gasteiger partial charge in [0.25, 0.3) is 5.91 Å². The number of carbonyl (C=O) groups is 1. The van der Waals surface area contributed by atoms with E-state index in [2.05, 4.69) is 11.4 Å². The van der Waals surface area contributed by atoms with Gasteiger partial charge in [0.05, 0.1) is 18.7 Å². The molecule has 0 bridgehead atoms. The second-order valence-electron chi connectivity index (χ2n) is 4.35. The number of nitrogens with zero attached hydrogens (tertiary/aromatic N) is 1. The first-order valence-corrected chi connectivity index (χ1v) is 6.73. The van der Waals surface area contributed by atoms with Gasteiger partial charge in [-0.1, -0.05) is 0 Å². The zero-order chi connectivity index (χ0) is 12.3. The number of carbonyl (C=O) groups excluding carboxylic acids is 1. The minimum atomic E-state index is -0.0360. The zero-order valence-electron chi connectivity index (χ0n) is 9.82. The molecule has 2 heterocycles. The van der Waals surface area contributed by atoms with Crippen molar-refractivity contribution in [2.24, 2.45) is 0 Å². The van der Waals surface area contributed by atoms with E-state index in [0.717, 1.165) is 13.1 Å². The van der Waals surface area contributed by atoms with Gasteiger partial charge in [0.15, 0.2) is 6.04 Å². The molecule has 0 spiro atoms. The normalized spacial score (nSPS) is 17.6. The van der Waals surface area contributed by atoms with E-state index in [1.54, 1.807) is 6.07 Å². The predicted octanol–water partition coefficient (Wildman–Crippen LogP) is 0.625. The third-order valence-corrected chi connectivity index (χ3v) is 4.10. The topological polar surface area (TPSA) is 57.3 Å². The molecule has 0 aromatic carbocycles. The fourth-order valence-corrected chi connectivity index (χ4v) is 2.90. The number of nitriles is 1. The molecule has 1 aromatic rings. The fraction of sp³-hybridized carbons (Fsp3) is 0.500. The van der Waals surface area contributed by atoms with Gasteiger partial charge < -0.3 is 10.2 Å². The lowest BCUT2D eigenvalue weighted by Crippen LogP contribution is -3.14. The summed E-state index contributed by atoms with van der Waals surface area (Å²) in [5.74, 6) is 0.0147. The number of hydrogen-bond acceptors (Lipinski definition) is 3. The third-order valence-electron chi connectivity index (χ3n) is 3.27. The summed E-state index contributed by atoms with van der Waals surface area (Å²) in [7, 11) is 0. The van der Waals surface area contributed by atoms with E-state index in [1.807, 2.05) is 12.3 Å². The van der Waals surface area contributed by atoms with Crippen LogP contribution in [0.3, 0.4) is 0 Å². The quantitative estimate of drug-likeness (QED) is 0.826. The van der Waals surface area contributed by atoms with Gasteiger partial charge in [0.2, 0.25) is 0 Å². The van der Waals surface area contributed by atoms with Gasteiger partial charge in [-0.25, -0.2) is 0 Å². The fourth-order valence-electron chi connectivity index (χ4n) is 2.16. The van der Waals surface area contributed by atoms with Gasteiger partial charge in [0, 0.05) is 12.8 Å². The summed E-state index contributed by atoms with van der Waals surface area (Å²) in [5, 5.41) is 14.2. The van der Waals surface area contributed by atoms with Crippen molar-refractivity contribution in [1.82, 2.24) is 0 Å². The van der Waals surface area contributed by atoms with Crippen molar-refractivity contribution >= 4 is 22.2 Å². The second kappa shape index (κ2) is 5.30. The van der Waals surface area contributed by atoms with Crippen molar-refractivity contribution in [2.45, 2.75) is 25.8 Å². The van der Waals surface area contributed by atoms with Crippen LogP contribution in [0.5, 0.6) is 0 Å². The van der Waals surface area contributed by atoms with Crippen LogP contribution in [-0.2, 0) is 4.79 Å². The number of thiophene rings is 1. The number of quaternary nitrogens is 1. The van der Waals surface area contributed by atoms with E-state index in [4.69, 9.17) is 5.26 Å². The van der Waals surface area contributed by atoms with Gasteiger partial charge in [-0.3, -0.25) is 4.79 Å². The summed E-state index contributed by atoms with van der Waals surface area (Å²) >= 11 is 1.40. The Labute approximate surface area is 105 Å². The zero-order valence-corrected chi connectivity index (χ0v) is 10.6. The van der Waals surface area contributed by atoms with Gasteiger partial charge in [-0.15, -0.1) is 11.3 Å². The van der Waals surface area contributed by atoms with Crippen LogP contribution in [0.25, 0.3) is 0 Å². The number of anilines is 1. The van der Waals surface area contributed by atoms with Crippen molar-refractivity contribution in [3.8, 4) is 6.07 Å². The summed E-state index contributed by atoms with van der Waals surface area (Å²) in [5.41, 5.74) is 0.548. The molecule has 0 aliphatic carbocycles. The lowest BCUT2D eigenvalue weighted by Gasteiger charge is -2.19. The Bertz CT molecular complexity index is 443. The first-order valence-electron chi connectivity index (χ1n) is 5.85. The molecule has 5 heteroatoms. The van der Waals surface area contributed by atoms with E-state index >= 15 is 0 Å². The molecular weight excluding hydrogens is 234 g/mol. The smallest absolute Gasteiger partial charge is 0.283 e. The first kappa shape index (κ1) is 12.1. The van der Waals surface area contributed by atoms with Gasteiger partial charge in [-0.2, -0.15) is 5.26 Å². The molecule has 0 saturated carbocycles. The van der Waals surface area contributed by atoms with Crippen molar-refractivity contribution < 1.29 is 9.69 Å². The van der Waals surface area contributed by atoms with Crippen LogP contribution in [0.4, 0.5) is 5.00 Å². The Hall–Kier alpha value is -1.38. The van der Waals surface area contributed by atoms with E-state index in [0.29, 0.717) is 10.6 Å². The predicted molar refractivity (Wildman–Crippen MR) is 67.1 cm³/mol. The van der Waals surface area contributed by atoms with Crippen molar-refractivity contribution in [3.05, 3.63) is 17.0 Å². The Balaban J connectivity index is 1.99. The Kier molecular flexibility index (Phi) is 3.77. The molecule has 1 amide bonds. The Morgan fingerprint density at radius 2 is 2.29 bits per heavy atom. The van der Waals surface area contributed by atoms with Crippen LogP contribution < -0.4 is 10.2 Å². The number of rotatable bonds is 3. The SMILES string of the molecule is C[C@H](C(=O)Nc1sccc1C#N)[NH+]1CCCC1. The minimum Gasteiger partial charge on any atom is -0.325 e. The van der Waals surface area contributed by atoms with Crippen LogP contribution >= 0.6 is 11.3 Å². The lowest BCUT2D eigenvalue weighted by molar-refractivity contribution is -0.901. The summed E-state index contributed by atoms with van der Waals surface area (Å²) in [6, 6.07) is 3.77. The molecule has 2 N–H and O–H groups in total. The molecule has 1 fully saturated rings. The summed E-state index contributed by atoms with van der Waals surface area (Å²) in [6.07, 6.45) is 2.41. The van der Waals surface area contributed by atoms with E-state index in [1.165, 1.54) is 29.1 Å². The monoisotopic (exact) mass is 250 g/mol. The molecule has 1 saturated heterocycles. The van der Waals surface area contributed by atoms with Gasteiger partial charge >= 0.3 is 0 Å². The number of hydrogen-bond donors (Lipinski definition) is 2. The van der Waals surface area contributed by atoms with Crippen molar-refractivity contribution in [1.29, 1.82) is 5.26 Å². The van der Waals surface area contributed by atoms with Crippen LogP contribution in [0.2, 0.25) is 0 Å². The molecule has 17 heavy (non-hydrogen) atoms. The number of amides is 1. The number of likely N-dealkylation sites (tertiary alicyclic amines) is 1. The molecule has 0 radical (unpaired) electrons. The van der Waals surface area contributed by atoms with Crippen molar-refractivity contribution in [2.75, 3.05) is 18.4 Å². The largest absolute Gasteiger partial charge is 0.325 e. The highest BCUT2D eigenvalue weighted by atomic mass is 32.1. The van der Waals surface area contributed by atoms with E-state index in [-0.39, 0.29) is 11.9 Å². The summed E-state index contributed by atoms with van der Waals surface area (Å²) in [4.78, 5) is 13.4. The van der Waals surface area contributed by atoms with Crippen LogP contribution in [-0.4, -0.2) is 25.0 Å². The molecule has 0 unspecified atom stereocenters. The average molecular weight is 250 g/mol. The molecule has 90 valence electrons. The van der Waals surface area contributed by atoms with Crippen LogP contribution in [0, 0.1) is 11.3 Å². The second-order valence-corrected chi connectivity index (χ2v) is 5.27. The van der Waals surface area contributed by atoms with Gasteiger partial charge in [-0.05, 0) is 18.4 Å². The maximum Gasteiger partial charge on any atom is 0.283 e. The highest BCUT2D eigenvalue weighted by Gasteiger charge is 2.28. The lowest BCUT2D eigenvalue weighted by atomic mass is 10.2. The minimum absolute atomic E-state index is 0.0147. The average Bonchev–Trinajstić information content (AvgIpc) is 2.98. The maximum absolute atomic E-state index is 12.0. The molecule has 2 rings (SSSR count). The van der Waals surface area contributed by atoms with Crippen LogP contribution in [0.1, 0.15) is 25.3 Å². The van der Waals surface area contributed by atoms with E-state index in [9.17, 15) is 4.79 Å². The maximum atomic E-state index is 12.0. The van der Waals surface area contributed by atoms with Crippen LogP contribution in [0.15, 0.2) is 11.4 Å². The highest BCUT2D eigenvalue weighted by Crippen LogP contribution is 2.21. The van der Waals surface area contributed by atoms with E-state index < -0.39 is 0 Å².